The van der Waals surface area contributed by atoms with Gasteiger partial charge in [-0.05, 0) is 24.6 Å². The van der Waals surface area contributed by atoms with Gasteiger partial charge in [0.25, 0.3) is 0 Å². The average molecular weight is 296 g/mol. The van der Waals surface area contributed by atoms with Crippen LogP contribution in [-0.4, -0.2) is 30.8 Å². The average Bonchev–Trinajstić information content (AvgIpc) is 2.42. The topological polar surface area (TPSA) is 58.6 Å². The minimum absolute atomic E-state index is 0.000115. The number of halogens is 1. The summed E-state index contributed by atoms with van der Waals surface area (Å²) in [4.78, 5) is 11.7. The zero-order valence-corrected chi connectivity index (χ0v) is 12.2. The summed E-state index contributed by atoms with van der Waals surface area (Å²) in [6, 6.07) is 5.05. The van der Waals surface area contributed by atoms with Gasteiger partial charge in [-0.15, -0.1) is 0 Å². The van der Waals surface area contributed by atoms with E-state index in [9.17, 15) is 4.79 Å². The number of anilines is 1. The molecule has 0 radical (unpaired) electrons. The first-order chi connectivity index (χ1) is 9.67. The molecule has 108 valence electrons. The number of aliphatic hydroxyl groups excluding tert-OH is 1. The fourth-order valence-corrected chi connectivity index (χ4v) is 1.61. The zero-order chi connectivity index (χ0) is 14.8. The fourth-order valence-electron chi connectivity index (χ4n) is 1.44. The van der Waals surface area contributed by atoms with E-state index in [1.807, 2.05) is 6.92 Å². The van der Waals surface area contributed by atoms with Crippen molar-refractivity contribution in [2.45, 2.75) is 19.8 Å². The number of hydrogen-bond donors (Lipinski definition) is 2. The van der Waals surface area contributed by atoms with Gasteiger partial charge < -0.3 is 15.2 Å². The Morgan fingerprint density at radius 1 is 1.50 bits per heavy atom. The first kappa shape index (κ1) is 16.5. The molecule has 4 nitrogen and oxygen atoms in total. The van der Waals surface area contributed by atoms with Crippen molar-refractivity contribution in [1.82, 2.24) is 0 Å². The van der Waals surface area contributed by atoms with Crippen LogP contribution in [-0.2, 0) is 9.53 Å². The molecule has 0 aliphatic heterocycles. The molecule has 1 aromatic carbocycles. The molecule has 5 heteroatoms. The molecule has 0 aromatic heterocycles. The van der Waals surface area contributed by atoms with Gasteiger partial charge in [0, 0.05) is 23.6 Å². The highest BCUT2D eigenvalue weighted by molar-refractivity contribution is 6.30. The van der Waals surface area contributed by atoms with Gasteiger partial charge in [0.1, 0.15) is 6.61 Å². The normalized spacial score (nSPS) is 9.75. The standard InChI is InChI=1S/C15H18ClNO3/c1-2-9-20-11-15(19)17-14-7-6-13(16)10-12(14)5-3-4-8-18/h6-7,10,18H,2,4,8-9,11H2,1H3,(H,17,19). The summed E-state index contributed by atoms with van der Waals surface area (Å²) in [7, 11) is 0. The van der Waals surface area contributed by atoms with E-state index < -0.39 is 0 Å². The molecule has 1 aromatic rings. The van der Waals surface area contributed by atoms with Crippen LogP contribution < -0.4 is 5.32 Å². The van der Waals surface area contributed by atoms with Crippen LogP contribution in [0.1, 0.15) is 25.3 Å². The van der Waals surface area contributed by atoms with E-state index >= 15 is 0 Å². The number of nitrogens with one attached hydrogen (secondary N) is 1. The lowest BCUT2D eigenvalue weighted by Crippen LogP contribution is -2.19. The molecule has 1 amide bonds. The molecule has 1 rings (SSSR count). The smallest absolute Gasteiger partial charge is 0.250 e. The van der Waals surface area contributed by atoms with Crippen LogP contribution in [0.15, 0.2) is 18.2 Å². The lowest BCUT2D eigenvalue weighted by atomic mass is 10.1. The molecule has 0 bridgehead atoms. The number of carbonyl (C=O) groups is 1. The van der Waals surface area contributed by atoms with Crippen LogP contribution in [0.5, 0.6) is 0 Å². The maximum atomic E-state index is 11.7. The third kappa shape index (κ3) is 6.07. The molecular weight excluding hydrogens is 278 g/mol. The van der Waals surface area contributed by atoms with E-state index in [2.05, 4.69) is 17.2 Å². The second-order valence-corrected chi connectivity index (χ2v) is 4.50. The van der Waals surface area contributed by atoms with Crippen LogP contribution >= 0.6 is 11.6 Å². The van der Waals surface area contributed by atoms with E-state index in [1.54, 1.807) is 18.2 Å². The van der Waals surface area contributed by atoms with Crippen molar-refractivity contribution >= 4 is 23.2 Å². The Hall–Kier alpha value is -1.54. The van der Waals surface area contributed by atoms with E-state index in [-0.39, 0.29) is 19.1 Å². The number of amides is 1. The Labute approximate surface area is 124 Å². The van der Waals surface area contributed by atoms with E-state index in [0.29, 0.717) is 29.3 Å². The van der Waals surface area contributed by atoms with Gasteiger partial charge in [-0.2, -0.15) is 0 Å². The molecule has 0 spiro atoms. The molecule has 0 saturated heterocycles. The first-order valence-electron chi connectivity index (χ1n) is 6.44. The SMILES string of the molecule is CCCOCC(=O)Nc1ccc(Cl)cc1C#CCCO. The molecule has 0 aliphatic carbocycles. The lowest BCUT2D eigenvalue weighted by molar-refractivity contribution is -0.120. The Kier molecular flexibility index (Phi) is 7.74. The van der Waals surface area contributed by atoms with Crippen molar-refractivity contribution in [2.24, 2.45) is 0 Å². The van der Waals surface area contributed by atoms with Gasteiger partial charge in [0.05, 0.1) is 12.3 Å². The van der Waals surface area contributed by atoms with E-state index in [1.165, 1.54) is 0 Å². The van der Waals surface area contributed by atoms with Gasteiger partial charge in [0.2, 0.25) is 5.91 Å². The summed E-state index contributed by atoms with van der Waals surface area (Å²) in [6.45, 7) is 2.54. The van der Waals surface area contributed by atoms with Gasteiger partial charge in [0.15, 0.2) is 0 Å². The summed E-state index contributed by atoms with van der Waals surface area (Å²) in [5.74, 6) is 5.45. The van der Waals surface area contributed by atoms with Gasteiger partial charge in [-0.3, -0.25) is 4.79 Å². The first-order valence-corrected chi connectivity index (χ1v) is 6.82. The maximum absolute atomic E-state index is 11.7. The van der Waals surface area contributed by atoms with E-state index in [0.717, 1.165) is 6.42 Å². The molecule has 0 aliphatic rings. The summed E-state index contributed by atoms with van der Waals surface area (Å²) in [5.41, 5.74) is 1.21. The molecule has 0 heterocycles. The molecule has 0 saturated carbocycles. The lowest BCUT2D eigenvalue weighted by Gasteiger charge is -2.08. The molecule has 20 heavy (non-hydrogen) atoms. The van der Waals surface area contributed by atoms with Crippen molar-refractivity contribution in [3.05, 3.63) is 28.8 Å². The van der Waals surface area contributed by atoms with Crippen LogP contribution in [0, 0.1) is 11.8 Å². The number of hydrogen-bond acceptors (Lipinski definition) is 3. The Bertz CT molecular complexity index is 506. The predicted octanol–water partition coefficient (Wildman–Crippen LogP) is 2.44. The highest BCUT2D eigenvalue weighted by Gasteiger charge is 2.06. The van der Waals surface area contributed by atoms with Gasteiger partial charge in [-0.1, -0.05) is 30.4 Å². The minimum Gasteiger partial charge on any atom is -0.395 e. The Morgan fingerprint density at radius 2 is 2.30 bits per heavy atom. The van der Waals surface area contributed by atoms with Crippen LogP contribution in [0.25, 0.3) is 0 Å². The van der Waals surface area contributed by atoms with E-state index in [4.69, 9.17) is 21.4 Å². The van der Waals surface area contributed by atoms with Gasteiger partial charge >= 0.3 is 0 Å². The largest absolute Gasteiger partial charge is 0.395 e. The zero-order valence-electron chi connectivity index (χ0n) is 11.4. The number of rotatable bonds is 6. The highest BCUT2D eigenvalue weighted by atomic mass is 35.5. The molecule has 0 atom stereocenters. The monoisotopic (exact) mass is 295 g/mol. The number of benzene rings is 1. The van der Waals surface area contributed by atoms with Crippen molar-refractivity contribution < 1.29 is 14.6 Å². The van der Waals surface area contributed by atoms with Crippen molar-refractivity contribution in [2.75, 3.05) is 25.1 Å². The second-order valence-electron chi connectivity index (χ2n) is 4.07. The van der Waals surface area contributed by atoms with Crippen molar-refractivity contribution in [3.8, 4) is 11.8 Å². The fraction of sp³-hybridized carbons (Fsp3) is 0.400. The molecule has 0 unspecified atom stereocenters. The van der Waals surface area contributed by atoms with Crippen molar-refractivity contribution in [1.29, 1.82) is 0 Å². The van der Waals surface area contributed by atoms with Crippen LogP contribution in [0.4, 0.5) is 5.69 Å². The minimum atomic E-state index is -0.231. The molecule has 0 fully saturated rings. The van der Waals surface area contributed by atoms with Crippen LogP contribution in [0.2, 0.25) is 5.02 Å². The quantitative estimate of drug-likeness (QED) is 0.626. The maximum Gasteiger partial charge on any atom is 0.250 e. The third-order valence-corrected chi connectivity index (χ3v) is 2.53. The van der Waals surface area contributed by atoms with Crippen molar-refractivity contribution in [3.63, 3.8) is 0 Å². The summed E-state index contributed by atoms with van der Waals surface area (Å²) < 4.78 is 5.17. The summed E-state index contributed by atoms with van der Waals surface area (Å²) in [6.07, 6.45) is 1.24. The number of ether oxygens (including phenoxy) is 1. The Morgan fingerprint density at radius 3 is 3.00 bits per heavy atom. The third-order valence-electron chi connectivity index (χ3n) is 2.30. The number of carbonyl (C=O) groups excluding carboxylic acids is 1. The van der Waals surface area contributed by atoms with Gasteiger partial charge in [-0.25, -0.2) is 0 Å². The number of aliphatic hydroxyl groups is 1. The summed E-state index contributed by atoms with van der Waals surface area (Å²) >= 11 is 5.91. The predicted molar refractivity (Wildman–Crippen MR) is 79.8 cm³/mol. The Balaban J connectivity index is 2.74. The summed E-state index contributed by atoms with van der Waals surface area (Å²) in [5, 5.41) is 12.0. The highest BCUT2D eigenvalue weighted by Crippen LogP contribution is 2.19. The second kappa shape index (κ2) is 9.38. The molecule has 2 N–H and O–H groups in total. The molecular formula is C15H18ClNO3. The van der Waals surface area contributed by atoms with Crippen LogP contribution in [0.3, 0.4) is 0 Å².